The maximum absolute atomic E-state index is 12.0. The maximum atomic E-state index is 12.0. The van der Waals surface area contributed by atoms with Crippen molar-refractivity contribution in [3.63, 3.8) is 0 Å². The molecule has 5 atom stereocenters. The smallest absolute Gasteiger partial charge is 0.330 e. The molecule has 2 saturated carbocycles. The molecule has 0 radical (unpaired) electrons. The fourth-order valence-electron chi connectivity index (χ4n) is 4.39. The van der Waals surface area contributed by atoms with Gasteiger partial charge in [0, 0.05) is 12.0 Å². The van der Waals surface area contributed by atoms with Crippen molar-refractivity contribution >= 4 is 11.9 Å². The molecule has 1 aliphatic heterocycles. The highest BCUT2D eigenvalue weighted by Crippen LogP contribution is 2.63. The Labute approximate surface area is 106 Å². The average molecular weight is 250 g/mol. The third kappa shape index (κ3) is 1.26. The lowest BCUT2D eigenvalue weighted by Crippen LogP contribution is -2.62. The van der Waals surface area contributed by atoms with Crippen molar-refractivity contribution < 1.29 is 19.1 Å². The Morgan fingerprint density at radius 3 is 2.89 bits per heavy atom. The number of carbonyl (C=O) groups is 2. The molecular formula is C14H18O4. The molecule has 5 unspecified atom stereocenters. The molecular weight excluding hydrogens is 232 g/mol. The molecule has 1 heterocycles. The zero-order valence-corrected chi connectivity index (χ0v) is 10.8. The molecule has 0 aromatic heterocycles. The summed E-state index contributed by atoms with van der Waals surface area (Å²) in [5.41, 5.74) is -1.12. The van der Waals surface area contributed by atoms with E-state index in [0.717, 1.165) is 19.3 Å². The van der Waals surface area contributed by atoms with E-state index in [1.165, 1.54) is 6.08 Å². The normalized spacial score (nSPS) is 48.8. The summed E-state index contributed by atoms with van der Waals surface area (Å²) < 4.78 is 11.2. The second-order valence-corrected chi connectivity index (χ2v) is 6.10. The summed E-state index contributed by atoms with van der Waals surface area (Å²) in [6.07, 6.45) is 3.83. The van der Waals surface area contributed by atoms with Crippen LogP contribution < -0.4 is 0 Å². The Balaban J connectivity index is 2.02. The van der Waals surface area contributed by atoms with Gasteiger partial charge in [-0.1, -0.05) is 6.58 Å². The summed E-state index contributed by atoms with van der Waals surface area (Å²) in [4.78, 5) is 23.6. The van der Waals surface area contributed by atoms with E-state index in [9.17, 15) is 9.59 Å². The Morgan fingerprint density at radius 2 is 2.28 bits per heavy atom. The second-order valence-electron chi connectivity index (χ2n) is 6.10. The third-order valence-corrected chi connectivity index (χ3v) is 5.08. The molecule has 3 fully saturated rings. The van der Waals surface area contributed by atoms with Gasteiger partial charge < -0.3 is 9.47 Å². The highest BCUT2D eigenvalue weighted by molar-refractivity contribution is 5.83. The molecule has 4 nitrogen and oxygen atoms in total. The number of esters is 2. The monoisotopic (exact) mass is 250 g/mol. The van der Waals surface area contributed by atoms with E-state index in [4.69, 9.17) is 9.47 Å². The van der Waals surface area contributed by atoms with Gasteiger partial charge >= 0.3 is 11.9 Å². The first-order valence-electron chi connectivity index (χ1n) is 6.49. The molecule has 1 saturated heterocycles. The van der Waals surface area contributed by atoms with Crippen molar-refractivity contribution in [2.75, 3.05) is 0 Å². The summed E-state index contributed by atoms with van der Waals surface area (Å²) in [5, 5.41) is 0. The Morgan fingerprint density at radius 1 is 1.56 bits per heavy atom. The van der Waals surface area contributed by atoms with Gasteiger partial charge in [0.05, 0.1) is 5.92 Å². The third-order valence-electron chi connectivity index (χ3n) is 5.08. The molecule has 3 rings (SSSR count). The van der Waals surface area contributed by atoms with E-state index in [1.54, 1.807) is 6.92 Å². The van der Waals surface area contributed by atoms with Gasteiger partial charge in [-0.15, -0.1) is 0 Å². The number of carbonyl (C=O) groups excluding carboxylic acids is 2. The molecule has 4 heteroatoms. The van der Waals surface area contributed by atoms with Crippen molar-refractivity contribution in [2.24, 2.45) is 17.8 Å². The Hall–Kier alpha value is -1.32. The molecule has 0 spiro atoms. The van der Waals surface area contributed by atoms with Crippen LogP contribution in [0.15, 0.2) is 12.7 Å². The fourth-order valence-corrected chi connectivity index (χ4v) is 4.39. The lowest BCUT2D eigenvalue weighted by Gasteiger charge is -2.52. The van der Waals surface area contributed by atoms with Crippen LogP contribution in [-0.4, -0.2) is 23.1 Å². The SMILES string of the molecule is C=CC(=O)OC12CC3CC1C(C)(C3)OC(=O)C2C. The van der Waals surface area contributed by atoms with Crippen LogP contribution in [0.5, 0.6) is 0 Å². The minimum atomic E-state index is -0.668. The van der Waals surface area contributed by atoms with Crippen LogP contribution in [0.2, 0.25) is 0 Å². The van der Waals surface area contributed by atoms with E-state index in [1.807, 2.05) is 6.92 Å². The molecule has 2 bridgehead atoms. The molecule has 0 aromatic carbocycles. The fraction of sp³-hybridized carbons (Fsp3) is 0.714. The van der Waals surface area contributed by atoms with Gasteiger partial charge in [0.15, 0.2) is 0 Å². The number of hydrogen-bond donors (Lipinski definition) is 0. The molecule has 0 N–H and O–H groups in total. The van der Waals surface area contributed by atoms with Crippen molar-refractivity contribution in [3.8, 4) is 0 Å². The lowest BCUT2D eigenvalue weighted by molar-refractivity contribution is -0.231. The zero-order chi connectivity index (χ0) is 13.1. The summed E-state index contributed by atoms with van der Waals surface area (Å²) in [7, 11) is 0. The number of hydrogen-bond acceptors (Lipinski definition) is 4. The molecule has 98 valence electrons. The molecule has 0 amide bonds. The molecule has 2 aliphatic carbocycles. The van der Waals surface area contributed by atoms with Crippen LogP contribution in [-0.2, 0) is 19.1 Å². The highest BCUT2D eigenvalue weighted by Gasteiger charge is 2.70. The summed E-state index contributed by atoms with van der Waals surface area (Å²) >= 11 is 0. The molecule has 0 aromatic rings. The molecule has 18 heavy (non-hydrogen) atoms. The second kappa shape index (κ2) is 3.37. The standard InChI is InChI=1S/C14H18O4/c1-4-11(15)17-14-7-9-5-10(14)13(3,6-9)18-12(16)8(14)2/h4,8-10H,1,5-7H2,2-3H3. The topological polar surface area (TPSA) is 52.6 Å². The van der Waals surface area contributed by atoms with Crippen LogP contribution in [0.3, 0.4) is 0 Å². The number of fused-ring (bicyclic) bond motifs is 1. The van der Waals surface area contributed by atoms with Gasteiger partial charge in [0.2, 0.25) is 0 Å². The van der Waals surface area contributed by atoms with Crippen LogP contribution in [0.4, 0.5) is 0 Å². The minimum Gasteiger partial charge on any atom is -0.459 e. The van der Waals surface area contributed by atoms with E-state index in [2.05, 4.69) is 6.58 Å². The van der Waals surface area contributed by atoms with E-state index in [-0.39, 0.29) is 17.8 Å². The van der Waals surface area contributed by atoms with Crippen molar-refractivity contribution in [1.29, 1.82) is 0 Å². The maximum Gasteiger partial charge on any atom is 0.330 e. The first-order chi connectivity index (χ1) is 8.41. The Bertz CT molecular complexity index is 443. The quantitative estimate of drug-likeness (QED) is 0.554. The van der Waals surface area contributed by atoms with Crippen LogP contribution >= 0.6 is 0 Å². The van der Waals surface area contributed by atoms with Crippen molar-refractivity contribution in [1.82, 2.24) is 0 Å². The van der Waals surface area contributed by atoms with Crippen LogP contribution in [0, 0.1) is 17.8 Å². The predicted molar refractivity (Wildman–Crippen MR) is 63.5 cm³/mol. The van der Waals surface area contributed by atoms with Gasteiger partial charge in [-0.25, -0.2) is 4.79 Å². The van der Waals surface area contributed by atoms with E-state index < -0.39 is 17.2 Å². The average Bonchev–Trinajstić information content (AvgIpc) is 2.81. The van der Waals surface area contributed by atoms with Crippen molar-refractivity contribution in [2.45, 2.75) is 44.3 Å². The summed E-state index contributed by atoms with van der Waals surface area (Å²) in [5.74, 6) is -0.443. The largest absolute Gasteiger partial charge is 0.459 e. The lowest BCUT2D eigenvalue weighted by atomic mass is 9.66. The van der Waals surface area contributed by atoms with E-state index >= 15 is 0 Å². The van der Waals surface area contributed by atoms with Gasteiger partial charge in [0.25, 0.3) is 0 Å². The first kappa shape index (κ1) is 11.8. The first-order valence-corrected chi connectivity index (χ1v) is 6.49. The zero-order valence-electron chi connectivity index (χ0n) is 10.8. The van der Waals surface area contributed by atoms with Crippen LogP contribution in [0.25, 0.3) is 0 Å². The summed E-state index contributed by atoms with van der Waals surface area (Å²) in [6, 6.07) is 0. The summed E-state index contributed by atoms with van der Waals surface area (Å²) in [6.45, 7) is 7.21. The van der Waals surface area contributed by atoms with Gasteiger partial charge in [-0.3, -0.25) is 4.79 Å². The van der Waals surface area contributed by atoms with E-state index in [0.29, 0.717) is 5.92 Å². The Kier molecular flexibility index (Phi) is 2.20. The predicted octanol–water partition coefficient (Wildman–Crippen LogP) is 1.84. The number of rotatable bonds is 2. The van der Waals surface area contributed by atoms with Crippen LogP contribution in [0.1, 0.15) is 33.1 Å². The van der Waals surface area contributed by atoms with Crippen molar-refractivity contribution in [3.05, 3.63) is 12.7 Å². The number of ether oxygens (including phenoxy) is 2. The molecule has 3 aliphatic rings. The minimum absolute atomic E-state index is 0.131. The van der Waals surface area contributed by atoms with Gasteiger partial charge in [-0.05, 0) is 39.0 Å². The van der Waals surface area contributed by atoms with Gasteiger partial charge in [0.1, 0.15) is 11.2 Å². The highest BCUT2D eigenvalue weighted by atomic mass is 16.6. The van der Waals surface area contributed by atoms with Gasteiger partial charge in [-0.2, -0.15) is 0 Å².